The van der Waals surface area contributed by atoms with E-state index in [0.717, 1.165) is 32.6 Å². The molecule has 7 nitrogen and oxygen atoms in total. The molecule has 4 rings (SSSR count). The molecule has 4 aromatic rings. The molecule has 1 heterocycles. The van der Waals surface area contributed by atoms with E-state index < -0.39 is 0 Å². The molecule has 0 radical (unpaired) electrons. The molecule has 0 aliphatic rings. The minimum absolute atomic E-state index is 0.165. The van der Waals surface area contributed by atoms with E-state index in [1.165, 1.54) is 0 Å². The summed E-state index contributed by atoms with van der Waals surface area (Å²) < 4.78 is 10.9. The molecule has 158 valence electrons. The van der Waals surface area contributed by atoms with Crippen molar-refractivity contribution in [1.82, 2.24) is 0 Å². The van der Waals surface area contributed by atoms with Crippen LogP contribution in [-0.4, -0.2) is 39.1 Å². The normalized spacial score (nSPS) is 11.9. The molecule has 31 heavy (non-hydrogen) atoms. The zero-order chi connectivity index (χ0) is 21.8. The summed E-state index contributed by atoms with van der Waals surface area (Å²) in [4.78, 5) is 25.5. The number of amides is 2. The van der Waals surface area contributed by atoms with Crippen LogP contribution in [0.25, 0.3) is 21.9 Å². The molecular formula is C24H24N3O4+. The van der Waals surface area contributed by atoms with Gasteiger partial charge in [-0.15, -0.1) is 0 Å². The van der Waals surface area contributed by atoms with E-state index in [9.17, 15) is 9.59 Å². The number of carbonyl (C=O) groups excluding carboxylic acids is 2. The summed E-state index contributed by atoms with van der Waals surface area (Å²) in [6, 6.07) is 20.5. The van der Waals surface area contributed by atoms with Crippen LogP contribution in [0.15, 0.2) is 71.1 Å². The standard InChI is InChI=1S/C24H23N3O4/c1-27(14-23(28)25-16-7-10-18(30-2)11-8-16)15-24(29)26-17-9-12-22-20(13-17)19-5-3-4-6-21(19)31-22/h3-13H,14-15H2,1-2H3,(H,25,28)(H,26,29)/p+1. The fourth-order valence-corrected chi connectivity index (χ4v) is 3.50. The smallest absolute Gasteiger partial charge is 0.279 e. The minimum atomic E-state index is -0.165. The van der Waals surface area contributed by atoms with Gasteiger partial charge in [0.15, 0.2) is 13.1 Å². The molecule has 2 amide bonds. The molecule has 0 saturated carbocycles. The van der Waals surface area contributed by atoms with Gasteiger partial charge >= 0.3 is 0 Å². The third-order valence-electron chi connectivity index (χ3n) is 4.96. The van der Waals surface area contributed by atoms with Crippen molar-refractivity contribution in [3.05, 3.63) is 66.7 Å². The van der Waals surface area contributed by atoms with Gasteiger partial charge in [-0.3, -0.25) is 9.59 Å². The SMILES string of the molecule is COc1ccc(NC(=O)C[NH+](C)CC(=O)Nc2ccc3oc4ccccc4c3c2)cc1. The second kappa shape index (κ2) is 8.89. The minimum Gasteiger partial charge on any atom is -0.497 e. The Morgan fingerprint density at radius 2 is 1.45 bits per heavy atom. The molecule has 3 aromatic carbocycles. The molecule has 0 bridgehead atoms. The van der Waals surface area contributed by atoms with Crippen molar-refractivity contribution in [2.45, 2.75) is 0 Å². The van der Waals surface area contributed by atoms with Crippen LogP contribution in [0.5, 0.6) is 5.75 Å². The molecular weight excluding hydrogens is 394 g/mol. The lowest BCUT2D eigenvalue weighted by Crippen LogP contribution is -3.11. The number of nitrogens with one attached hydrogen (secondary N) is 3. The van der Waals surface area contributed by atoms with Crippen molar-refractivity contribution < 1.29 is 23.6 Å². The number of anilines is 2. The van der Waals surface area contributed by atoms with Crippen LogP contribution in [0.4, 0.5) is 11.4 Å². The van der Waals surface area contributed by atoms with Crippen LogP contribution in [0.1, 0.15) is 0 Å². The lowest BCUT2D eigenvalue weighted by Gasteiger charge is -2.14. The first-order chi connectivity index (χ1) is 15.0. The molecule has 7 heteroatoms. The summed E-state index contributed by atoms with van der Waals surface area (Å²) in [5.74, 6) is 0.391. The number of hydrogen-bond acceptors (Lipinski definition) is 4. The Morgan fingerprint density at radius 1 is 0.839 bits per heavy atom. The van der Waals surface area contributed by atoms with E-state index in [1.54, 1.807) is 38.4 Å². The number of fused-ring (bicyclic) bond motifs is 3. The van der Waals surface area contributed by atoms with Gasteiger partial charge in [-0.2, -0.15) is 0 Å². The number of quaternary nitrogens is 1. The molecule has 0 fully saturated rings. The Kier molecular flexibility index (Phi) is 5.86. The molecule has 1 unspecified atom stereocenters. The fourth-order valence-electron chi connectivity index (χ4n) is 3.50. The topological polar surface area (TPSA) is 85.0 Å². The van der Waals surface area contributed by atoms with Crippen molar-refractivity contribution in [1.29, 1.82) is 0 Å². The van der Waals surface area contributed by atoms with E-state index >= 15 is 0 Å². The van der Waals surface area contributed by atoms with Gasteiger partial charge in [0, 0.05) is 22.1 Å². The van der Waals surface area contributed by atoms with Crippen molar-refractivity contribution in [3.8, 4) is 5.75 Å². The molecule has 0 aliphatic heterocycles. The maximum absolute atomic E-state index is 12.5. The Balaban J connectivity index is 1.33. The third kappa shape index (κ3) is 4.84. The van der Waals surface area contributed by atoms with Gasteiger partial charge in [0.05, 0.1) is 14.2 Å². The number of methoxy groups -OCH3 is 1. The monoisotopic (exact) mass is 418 g/mol. The second-order valence-electron chi connectivity index (χ2n) is 7.44. The first-order valence-electron chi connectivity index (χ1n) is 9.98. The Bertz CT molecular complexity index is 1230. The number of furan rings is 1. The molecule has 0 aliphatic carbocycles. The Hall–Kier alpha value is -3.84. The van der Waals surface area contributed by atoms with Gasteiger partial charge in [0.25, 0.3) is 11.8 Å². The van der Waals surface area contributed by atoms with Gasteiger partial charge in [-0.25, -0.2) is 0 Å². The first kappa shape index (κ1) is 20.4. The summed E-state index contributed by atoms with van der Waals surface area (Å²) in [6.07, 6.45) is 0. The van der Waals surface area contributed by atoms with Crippen LogP contribution in [0, 0.1) is 0 Å². The van der Waals surface area contributed by atoms with Crippen molar-refractivity contribution in [2.75, 3.05) is 37.9 Å². The molecule has 3 N–H and O–H groups in total. The number of ether oxygens (including phenoxy) is 1. The predicted octanol–water partition coefficient (Wildman–Crippen LogP) is 2.69. The molecule has 1 aromatic heterocycles. The molecule has 0 saturated heterocycles. The van der Waals surface area contributed by atoms with Crippen molar-refractivity contribution >= 4 is 45.1 Å². The summed E-state index contributed by atoms with van der Waals surface area (Å²) >= 11 is 0. The molecule has 0 spiro atoms. The largest absolute Gasteiger partial charge is 0.497 e. The quantitative estimate of drug-likeness (QED) is 0.431. The number of hydrogen-bond donors (Lipinski definition) is 3. The lowest BCUT2D eigenvalue weighted by molar-refractivity contribution is -0.862. The highest BCUT2D eigenvalue weighted by Gasteiger charge is 2.15. The first-order valence-corrected chi connectivity index (χ1v) is 9.98. The third-order valence-corrected chi connectivity index (χ3v) is 4.96. The van der Waals surface area contributed by atoms with Gasteiger partial charge < -0.3 is 24.7 Å². The van der Waals surface area contributed by atoms with Crippen molar-refractivity contribution in [2.24, 2.45) is 0 Å². The summed E-state index contributed by atoms with van der Waals surface area (Å²) in [6.45, 7) is 0.338. The summed E-state index contributed by atoms with van der Waals surface area (Å²) in [5, 5.41) is 7.69. The van der Waals surface area contributed by atoms with Crippen LogP contribution in [-0.2, 0) is 9.59 Å². The van der Waals surface area contributed by atoms with E-state index in [4.69, 9.17) is 9.15 Å². The van der Waals surface area contributed by atoms with Crippen LogP contribution in [0.3, 0.4) is 0 Å². The summed E-state index contributed by atoms with van der Waals surface area (Å²) in [5.41, 5.74) is 2.97. The predicted molar refractivity (Wildman–Crippen MR) is 121 cm³/mol. The van der Waals surface area contributed by atoms with Crippen LogP contribution < -0.4 is 20.3 Å². The number of carbonyl (C=O) groups is 2. The second-order valence-corrected chi connectivity index (χ2v) is 7.44. The highest BCUT2D eigenvalue weighted by atomic mass is 16.5. The van der Waals surface area contributed by atoms with Crippen molar-refractivity contribution in [3.63, 3.8) is 0 Å². The van der Waals surface area contributed by atoms with Gasteiger partial charge in [-0.05, 0) is 48.5 Å². The number of benzene rings is 3. The van der Waals surface area contributed by atoms with E-state index in [-0.39, 0.29) is 24.9 Å². The lowest BCUT2D eigenvalue weighted by atomic mass is 10.1. The highest BCUT2D eigenvalue weighted by molar-refractivity contribution is 6.07. The zero-order valence-electron chi connectivity index (χ0n) is 17.4. The molecule has 1 atom stereocenters. The number of para-hydroxylation sites is 1. The highest BCUT2D eigenvalue weighted by Crippen LogP contribution is 2.30. The maximum Gasteiger partial charge on any atom is 0.279 e. The van der Waals surface area contributed by atoms with E-state index in [1.807, 2.05) is 42.5 Å². The van der Waals surface area contributed by atoms with Gasteiger partial charge in [0.2, 0.25) is 0 Å². The van der Waals surface area contributed by atoms with Crippen LogP contribution >= 0.6 is 0 Å². The fraction of sp³-hybridized carbons (Fsp3) is 0.167. The van der Waals surface area contributed by atoms with Crippen LogP contribution in [0.2, 0.25) is 0 Å². The maximum atomic E-state index is 12.5. The summed E-state index contributed by atoms with van der Waals surface area (Å²) in [7, 11) is 3.40. The zero-order valence-corrected chi connectivity index (χ0v) is 17.4. The van der Waals surface area contributed by atoms with E-state index in [2.05, 4.69) is 10.6 Å². The van der Waals surface area contributed by atoms with Gasteiger partial charge in [0.1, 0.15) is 16.9 Å². The average Bonchev–Trinajstić information content (AvgIpc) is 3.12. The average molecular weight is 418 g/mol. The Labute approximate surface area is 179 Å². The van der Waals surface area contributed by atoms with E-state index in [0.29, 0.717) is 11.4 Å². The number of likely N-dealkylation sites (N-methyl/N-ethyl adjacent to an activating group) is 1. The Morgan fingerprint density at radius 3 is 2.16 bits per heavy atom. The van der Waals surface area contributed by atoms with Gasteiger partial charge in [-0.1, -0.05) is 18.2 Å². The number of rotatable bonds is 7.